The second-order valence-corrected chi connectivity index (χ2v) is 7.23. The number of amides is 1. The van der Waals surface area contributed by atoms with E-state index in [1.807, 2.05) is 0 Å². The van der Waals surface area contributed by atoms with Crippen molar-refractivity contribution in [3.8, 4) is 0 Å². The summed E-state index contributed by atoms with van der Waals surface area (Å²) in [5, 5.41) is 11.4. The van der Waals surface area contributed by atoms with Gasteiger partial charge >= 0.3 is 0 Å². The minimum absolute atomic E-state index is 0.0460. The maximum atomic E-state index is 13.4. The summed E-state index contributed by atoms with van der Waals surface area (Å²) in [6, 6.07) is 17.0. The van der Waals surface area contributed by atoms with Gasteiger partial charge in [-0.3, -0.25) is 24.6 Å². The van der Waals surface area contributed by atoms with E-state index < -0.39 is 16.9 Å². The Morgan fingerprint density at radius 2 is 1.74 bits per heavy atom. The summed E-state index contributed by atoms with van der Waals surface area (Å²) in [6.07, 6.45) is 0. The molecule has 0 saturated heterocycles. The van der Waals surface area contributed by atoms with Crippen LogP contribution in [0.1, 0.15) is 33.4 Å². The highest BCUT2D eigenvalue weighted by molar-refractivity contribution is 6.10. The Bertz CT molecular complexity index is 1430. The molecule has 1 aliphatic rings. The highest BCUT2D eigenvalue weighted by atomic mass is 16.6. The molecule has 0 radical (unpaired) electrons. The topological polar surface area (TPSA) is 107 Å². The van der Waals surface area contributed by atoms with Gasteiger partial charge in [0.05, 0.1) is 21.9 Å². The maximum absolute atomic E-state index is 13.4. The van der Waals surface area contributed by atoms with Crippen molar-refractivity contribution in [2.45, 2.75) is 13.0 Å². The molecule has 0 spiro atoms. The molecule has 0 fully saturated rings. The molecule has 3 heterocycles. The van der Waals surface area contributed by atoms with Gasteiger partial charge in [-0.25, -0.2) is 4.98 Å². The van der Waals surface area contributed by atoms with E-state index in [-0.39, 0.29) is 22.4 Å². The zero-order valence-electron chi connectivity index (χ0n) is 16.3. The Balaban J connectivity index is 1.79. The smallest absolute Gasteiger partial charge is 0.296 e. The van der Waals surface area contributed by atoms with Crippen LogP contribution in [0.3, 0.4) is 0 Å². The van der Waals surface area contributed by atoms with Crippen molar-refractivity contribution in [3.63, 3.8) is 0 Å². The van der Waals surface area contributed by atoms with Gasteiger partial charge < -0.3 is 4.42 Å². The van der Waals surface area contributed by atoms with Crippen LogP contribution >= 0.6 is 0 Å². The van der Waals surface area contributed by atoms with Gasteiger partial charge in [-0.2, -0.15) is 0 Å². The molecule has 2 aromatic carbocycles. The standard InChI is InChI=1S/C23H15N3O5/c1-13-5-4-8-18(24-13)25-20(14-9-11-15(12-10-14)26(29)30)19-21(27)16-6-2-3-7-17(16)31-22(19)23(25)28/h2-12,20H,1H3/t20-/m0/s1. The van der Waals surface area contributed by atoms with Crippen molar-refractivity contribution in [2.24, 2.45) is 0 Å². The van der Waals surface area contributed by atoms with Crippen molar-refractivity contribution in [2.75, 3.05) is 4.90 Å². The summed E-state index contributed by atoms with van der Waals surface area (Å²) in [5.41, 5.74) is 1.36. The van der Waals surface area contributed by atoms with Crippen LogP contribution < -0.4 is 10.3 Å². The highest BCUT2D eigenvalue weighted by Gasteiger charge is 2.44. The van der Waals surface area contributed by atoms with E-state index in [1.165, 1.54) is 17.0 Å². The van der Waals surface area contributed by atoms with Crippen LogP contribution in [0.2, 0.25) is 0 Å². The molecule has 0 aliphatic carbocycles. The third-order valence-corrected chi connectivity index (χ3v) is 5.32. The van der Waals surface area contributed by atoms with Crippen LogP contribution in [0.5, 0.6) is 0 Å². The summed E-state index contributed by atoms with van der Waals surface area (Å²) < 4.78 is 5.87. The molecule has 1 amide bonds. The minimum atomic E-state index is -0.821. The number of carbonyl (C=O) groups is 1. The number of aryl methyl sites for hydroxylation is 1. The molecule has 0 saturated carbocycles. The number of anilines is 1. The van der Waals surface area contributed by atoms with Gasteiger partial charge in [0, 0.05) is 17.8 Å². The molecule has 8 heteroatoms. The molecule has 0 N–H and O–H groups in total. The van der Waals surface area contributed by atoms with E-state index in [1.54, 1.807) is 61.5 Å². The number of non-ortho nitro benzene ring substituents is 1. The first kappa shape index (κ1) is 18.7. The first-order chi connectivity index (χ1) is 15.0. The normalized spacial score (nSPS) is 15.3. The Morgan fingerprint density at radius 3 is 2.45 bits per heavy atom. The number of benzene rings is 2. The molecule has 152 valence electrons. The second kappa shape index (κ2) is 6.88. The van der Waals surface area contributed by atoms with E-state index >= 15 is 0 Å². The number of nitrogens with zero attached hydrogens (tertiary/aromatic N) is 3. The van der Waals surface area contributed by atoms with Gasteiger partial charge in [0.1, 0.15) is 11.4 Å². The van der Waals surface area contributed by atoms with E-state index in [0.29, 0.717) is 28.0 Å². The molecular formula is C23H15N3O5. The number of fused-ring (bicyclic) bond motifs is 2. The number of nitro benzene ring substituents is 1. The van der Waals surface area contributed by atoms with Gasteiger partial charge in [-0.1, -0.05) is 18.2 Å². The molecule has 31 heavy (non-hydrogen) atoms. The van der Waals surface area contributed by atoms with Crippen molar-refractivity contribution in [3.05, 3.63) is 110 Å². The lowest BCUT2D eigenvalue weighted by Gasteiger charge is -2.24. The predicted molar refractivity (Wildman–Crippen MR) is 113 cm³/mol. The average molecular weight is 413 g/mol. The van der Waals surface area contributed by atoms with E-state index in [2.05, 4.69) is 4.98 Å². The molecule has 2 aromatic heterocycles. The molecule has 0 bridgehead atoms. The lowest BCUT2D eigenvalue weighted by molar-refractivity contribution is -0.384. The van der Waals surface area contributed by atoms with Crippen LogP contribution in [0.15, 0.2) is 75.9 Å². The van der Waals surface area contributed by atoms with Gasteiger partial charge in [-0.15, -0.1) is 0 Å². The van der Waals surface area contributed by atoms with E-state index in [4.69, 9.17) is 4.42 Å². The molecule has 4 aromatic rings. The van der Waals surface area contributed by atoms with Crippen molar-refractivity contribution < 1.29 is 14.1 Å². The summed E-state index contributed by atoms with van der Waals surface area (Å²) >= 11 is 0. The Hall–Kier alpha value is -4.33. The van der Waals surface area contributed by atoms with Gasteiger partial charge in [0.2, 0.25) is 5.76 Å². The summed E-state index contributed by atoms with van der Waals surface area (Å²) in [6.45, 7) is 1.80. The molecule has 5 rings (SSSR count). The largest absolute Gasteiger partial charge is 0.450 e. The third-order valence-electron chi connectivity index (χ3n) is 5.32. The molecule has 0 unspecified atom stereocenters. The maximum Gasteiger partial charge on any atom is 0.296 e. The van der Waals surface area contributed by atoms with Gasteiger partial charge in [0.15, 0.2) is 5.43 Å². The number of hydrogen-bond donors (Lipinski definition) is 0. The fourth-order valence-electron chi connectivity index (χ4n) is 3.91. The van der Waals surface area contributed by atoms with Crippen molar-refractivity contribution >= 4 is 28.4 Å². The third kappa shape index (κ3) is 2.88. The average Bonchev–Trinajstić information content (AvgIpc) is 3.06. The van der Waals surface area contributed by atoms with Gasteiger partial charge in [-0.05, 0) is 48.9 Å². The van der Waals surface area contributed by atoms with Gasteiger partial charge in [0.25, 0.3) is 11.6 Å². The van der Waals surface area contributed by atoms with Crippen LogP contribution in [0.4, 0.5) is 11.5 Å². The monoisotopic (exact) mass is 413 g/mol. The predicted octanol–water partition coefficient (Wildman–Crippen LogP) is 4.15. The molecular weight excluding hydrogens is 398 g/mol. The summed E-state index contributed by atoms with van der Waals surface area (Å²) in [7, 11) is 0. The van der Waals surface area contributed by atoms with Crippen LogP contribution in [0.25, 0.3) is 11.0 Å². The number of hydrogen-bond acceptors (Lipinski definition) is 6. The number of nitro groups is 1. The van der Waals surface area contributed by atoms with Crippen LogP contribution in [-0.4, -0.2) is 15.8 Å². The fourth-order valence-corrected chi connectivity index (χ4v) is 3.91. The Labute approximate surface area is 175 Å². The van der Waals surface area contributed by atoms with E-state index in [0.717, 1.165) is 0 Å². The summed E-state index contributed by atoms with van der Waals surface area (Å²) in [4.78, 5) is 43.3. The molecule has 8 nitrogen and oxygen atoms in total. The zero-order valence-corrected chi connectivity index (χ0v) is 16.3. The Kier molecular flexibility index (Phi) is 4.14. The number of para-hydroxylation sites is 1. The second-order valence-electron chi connectivity index (χ2n) is 7.23. The number of aromatic nitrogens is 1. The molecule has 1 aliphatic heterocycles. The lowest BCUT2D eigenvalue weighted by atomic mass is 9.98. The van der Waals surface area contributed by atoms with Crippen LogP contribution in [0, 0.1) is 17.0 Å². The first-order valence-electron chi connectivity index (χ1n) is 9.53. The lowest BCUT2D eigenvalue weighted by Crippen LogP contribution is -2.30. The quantitative estimate of drug-likeness (QED) is 0.369. The van der Waals surface area contributed by atoms with Crippen molar-refractivity contribution in [1.29, 1.82) is 0 Å². The summed E-state index contributed by atoms with van der Waals surface area (Å²) in [5.74, 6) is -0.169. The molecule has 1 atom stereocenters. The Morgan fingerprint density at radius 1 is 1.00 bits per heavy atom. The zero-order chi connectivity index (χ0) is 21.7. The van der Waals surface area contributed by atoms with Crippen molar-refractivity contribution in [1.82, 2.24) is 4.98 Å². The fraction of sp³-hybridized carbons (Fsp3) is 0.0870. The first-order valence-corrected chi connectivity index (χ1v) is 9.53. The van der Waals surface area contributed by atoms with E-state index in [9.17, 15) is 19.7 Å². The minimum Gasteiger partial charge on any atom is -0.450 e. The number of rotatable bonds is 3. The number of pyridine rings is 1. The SMILES string of the molecule is Cc1cccc(N2C(=O)c3oc4ccccc4c(=O)c3[C@@H]2c2ccc([N+](=O)[O-])cc2)n1. The van der Waals surface area contributed by atoms with Crippen LogP contribution in [-0.2, 0) is 0 Å². The highest BCUT2D eigenvalue weighted by Crippen LogP contribution is 2.40. The number of carbonyl (C=O) groups excluding carboxylic acids is 1.